The van der Waals surface area contributed by atoms with Crippen molar-refractivity contribution in [1.29, 1.82) is 0 Å². The molecule has 2 aromatic carbocycles. The van der Waals surface area contributed by atoms with Gasteiger partial charge in [-0.1, -0.05) is 12.1 Å². The highest BCUT2D eigenvalue weighted by Crippen LogP contribution is 2.35. The zero-order valence-corrected chi connectivity index (χ0v) is 16.9. The zero-order chi connectivity index (χ0) is 21.3. The minimum absolute atomic E-state index is 0.0324. The summed E-state index contributed by atoms with van der Waals surface area (Å²) in [6, 6.07) is 11.4. The van der Waals surface area contributed by atoms with E-state index in [1.165, 1.54) is 19.2 Å². The van der Waals surface area contributed by atoms with Crippen LogP contribution in [-0.4, -0.2) is 56.3 Å². The SMILES string of the molecule is CNC(=O)c1ccc(N2C(=O)N(Cc3ccc(OC)cc3)[C@@H]3CCOC[C@H]32)cc1F. The largest absolute Gasteiger partial charge is 0.497 e. The lowest BCUT2D eigenvalue weighted by atomic mass is 10.0. The second-order valence-corrected chi connectivity index (χ2v) is 7.37. The molecule has 0 radical (unpaired) electrons. The number of carbonyl (C=O) groups is 2. The first-order chi connectivity index (χ1) is 14.5. The van der Waals surface area contributed by atoms with E-state index in [9.17, 15) is 14.0 Å². The van der Waals surface area contributed by atoms with Crippen LogP contribution in [0.4, 0.5) is 14.9 Å². The number of rotatable bonds is 5. The highest BCUT2D eigenvalue weighted by atomic mass is 19.1. The topological polar surface area (TPSA) is 71.1 Å². The molecule has 0 bridgehead atoms. The number of anilines is 1. The van der Waals surface area contributed by atoms with Gasteiger partial charge in [0.05, 0.1) is 31.4 Å². The Morgan fingerprint density at radius 1 is 1.23 bits per heavy atom. The number of methoxy groups -OCH3 is 1. The van der Waals surface area contributed by atoms with Crippen molar-refractivity contribution < 1.29 is 23.5 Å². The molecule has 2 atom stereocenters. The van der Waals surface area contributed by atoms with E-state index in [-0.39, 0.29) is 23.7 Å². The number of halogens is 1. The quantitative estimate of drug-likeness (QED) is 0.818. The Bertz CT molecular complexity index is 950. The van der Waals surface area contributed by atoms with Gasteiger partial charge in [0.2, 0.25) is 0 Å². The van der Waals surface area contributed by atoms with E-state index in [1.807, 2.05) is 29.2 Å². The van der Waals surface area contributed by atoms with Crippen molar-refractivity contribution in [2.24, 2.45) is 0 Å². The number of fused-ring (bicyclic) bond motifs is 1. The summed E-state index contributed by atoms with van der Waals surface area (Å²) < 4.78 is 25.4. The van der Waals surface area contributed by atoms with Crippen LogP contribution in [0.2, 0.25) is 0 Å². The second-order valence-electron chi connectivity index (χ2n) is 7.37. The van der Waals surface area contributed by atoms with Gasteiger partial charge in [0.25, 0.3) is 5.91 Å². The van der Waals surface area contributed by atoms with Crippen LogP contribution in [-0.2, 0) is 11.3 Å². The average Bonchev–Trinajstić information content (AvgIpc) is 3.05. The fourth-order valence-electron chi connectivity index (χ4n) is 4.13. The van der Waals surface area contributed by atoms with Crippen LogP contribution >= 0.6 is 0 Å². The van der Waals surface area contributed by atoms with E-state index in [4.69, 9.17) is 9.47 Å². The maximum Gasteiger partial charge on any atom is 0.325 e. The van der Waals surface area contributed by atoms with Crippen LogP contribution < -0.4 is 15.0 Å². The Balaban J connectivity index is 1.63. The van der Waals surface area contributed by atoms with Crippen LogP contribution in [0.3, 0.4) is 0 Å². The predicted octanol–water partition coefficient (Wildman–Crippen LogP) is 2.79. The Morgan fingerprint density at radius 2 is 2.00 bits per heavy atom. The zero-order valence-electron chi connectivity index (χ0n) is 16.9. The first-order valence-electron chi connectivity index (χ1n) is 9.85. The number of urea groups is 1. The van der Waals surface area contributed by atoms with Gasteiger partial charge in [0, 0.05) is 25.9 Å². The summed E-state index contributed by atoms with van der Waals surface area (Å²) in [7, 11) is 3.05. The lowest BCUT2D eigenvalue weighted by molar-refractivity contribution is 0.0493. The van der Waals surface area contributed by atoms with Crippen LogP contribution in [0.1, 0.15) is 22.3 Å². The number of carbonyl (C=O) groups excluding carboxylic acids is 2. The van der Waals surface area contributed by atoms with Crippen molar-refractivity contribution in [3.05, 3.63) is 59.4 Å². The molecule has 0 saturated carbocycles. The van der Waals surface area contributed by atoms with Gasteiger partial charge >= 0.3 is 6.03 Å². The van der Waals surface area contributed by atoms with E-state index in [1.54, 1.807) is 18.1 Å². The summed E-state index contributed by atoms with van der Waals surface area (Å²) in [4.78, 5) is 28.6. The number of amides is 3. The number of hydrogen-bond donors (Lipinski definition) is 1. The summed E-state index contributed by atoms with van der Waals surface area (Å²) in [5.41, 5.74) is 1.35. The Morgan fingerprint density at radius 3 is 2.67 bits per heavy atom. The van der Waals surface area contributed by atoms with Crippen molar-refractivity contribution in [2.45, 2.75) is 25.0 Å². The molecule has 0 aliphatic carbocycles. The van der Waals surface area contributed by atoms with Gasteiger partial charge in [0.1, 0.15) is 11.6 Å². The maximum atomic E-state index is 14.6. The lowest BCUT2D eigenvalue weighted by Crippen LogP contribution is -2.45. The van der Waals surface area contributed by atoms with Crippen LogP contribution in [0.25, 0.3) is 0 Å². The lowest BCUT2D eigenvalue weighted by Gasteiger charge is -2.31. The summed E-state index contributed by atoms with van der Waals surface area (Å²) >= 11 is 0. The summed E-state index contributed by atoms with van der Waals surface area (Å²) in [5.74, 6) is -0.419. The molecule has 2 aliphatic heterocycles. The number of nitrogens with zero attached hydrogens (tertiary/aromatic N) is 2. The first-order valence-corrected chi connectivity index (χ1v) is 9.85. The third kappa shape index (κ3) is 3.59. The molecule has 7 nitrogen and oxygen atoms in total. The monoisotopic (exact) mass is 413 g/mol. The molecule has 2 aromatic rings. The standard InChI is InChI=1S/C22H24FN3O4/c1-24-21(27)17-8-5-15(11-18(17)23)26-20-13-30-10-9-19(20)25(22(26)28)12-14-3-6-16(29-2)7-4-14/h3-8,11,19-20H,9-10,12-13H2,1-2H3,(H,24,27)/t19-,20-/m1/s1. The van der Waals surface area contributed by atoms with E-state index >= 15 is 0 Å². The molecule has 0 spiro atoms. The molecule has 0 aromatic heterocycles. The van der Waals surface area contributed by atoms with E-state index < -0.39 is 11.7 Å². The third-order valence-electron chi connectivity index (χ3n) is 5.69. The van der Waals surface area contributed by atoms with Gasteiger partial charge in [-0.3, -0.25) is 9.69 Å². The Hall–Kier alpha value is -3.13. The van der Waals surface area contributed by atoms with Gasteiger partial charge in [-0.2, -0.15) is 0 Å². The van der Waals surface area contributed by atoms with Crippen molar-refractivity contribution in [1.82, 2.24) is 10.2 Å². The molecular formula is C22H24FN3O4. The van der Waals surface area contributed by atoms with Crippen molar-refractivity contribution in [2.75, 3.05) is 32.3 Å². The van der Waals surface area contributed by atoms with Crippen LogP contribution in [0, 0.1) is 5.82 Å². The van der Waals surface area contributed by atoms with Gasteiger partial charge in [0.15, 0.2) is 0 Å². The molecular weight excluding hydrogens is 389 g/mol. The maximum absolute atomic E-state index is 14.6. The Kier molecular flexibility index (Phi) is 5.59. The fraction of sp³-hybridized carbons (Fsp3) is 0.364. The fourth-order valence-corrected chi connectivity index (χ4v) is 4.13. The highest BCUT2D eigenvalue weighted by Gasteiger charge is 2.47. The molecule has 30 heavy (non-hydrogen) atoms. The smallest absolute Gasteiger partial charge is 0.325 e. The molecule has 2 fully saturated rings. The normalized spacial score (nSPS) is 20.8. The summed E-state index contributed by atoms with van der Waals surface area (Å²) in [6.45, 7) is 1.40. The van der Waals surface area contributed by atoms with Crippen molar-refractivity contribution >= 4 is 17.6 Å². The predicted molar refractivity (Wildman–Crippen MR) is 109 cm³/mol. The van der Waals surface area contributed by atoms with Crippen LogP contribution in [0.15, 0.2) is 42.5 Å². The van der Waals surface area contributed by atoms with Gasteiger partial charge in [-0.05, 0) is 42.3 Å². The van der Waals surface area contributed by atoms with E-state index in [2.05, 4.69) is 5.32 Å². The second kappa shape index (κ2) is 8.31. The molecule has 3 amide bonds. The molecule has 2 heterocycles. The molecule has 4 rings (SSSR count). The minimum Gasteiger partial charge on any atom is -0.497 e. The van der Waals surface area contributed by atoms with E-state index in [0.29, 0.717) is 31.9 Å². The molecule has 2 aliphatic rings. The summed E-state index contributed by atoms with van der Waals surface area (Å²) in [6.07, 6.45) is 0.710. The van der Waals surface area contributed by atoms with Crippen molar-refractivity contribution in [3.8, 4) is 5.75 Å². The van der Waals surface area contributed by atoms with E-state index in [0.717, 1.165) is 11.3 Å². The highest BCUT2D eigenvalue weighted by molar-refractivity contribution is 5.98. The number of benzene rings is 2. The average molecular weight is 413 g/mol. The molecule has 8 heteroatoms. The molecule has 2 saturated heterocycles. The molecule has 158 valence electrons. The number of nitrogens with one attached hydrogen (secondary N) is 1. The Labute approximate surface area is 174 Å². The first kappa shape index (κ1) is 20.2. The number of ether oxygens (including phenoxy) is 2. The van der Waals surface area contributed by atoms with Gasteiger partial charge in [-0.25, -0.2) is 9.18 Å². The summed E-state index contributed by atoms with van der Waals surface area (Å²) in [5, 5.41) is 2.41. The molecule has 0 unspecified atom stereocenters. The van der Waals surface area contributed by atoms with Gasteiger partial charge in [-0.15, -0.1) is 0 Å². The minimum atomic E-state index is -0.665. The number of hydrogen-bond acceptors (Lipinski definition) is 4. The molecule has 1 N–H and O–H groups in total. The van der Waals surface area contributed by atoms with Crippen molar-refractivity contribution in [3.63, 3.8) is 0 Å². The van der Waals surface area contributed by atoms with Gasteiger partial charge < -0.3 is 19.7 Å². The third-order valence-corrected chi connectivity index (χ3v) is 5.69. The van der Waals surface area contributed by atoms with Crippen LogP contribution in [0.5, 0.6) is 5.75 Å².